The van der Waals surface area contributed by atoms with Crippen molar-refractivity contribution < 1.29 is 22.7 Å². The van der Waals surface area contributed by atoms with Crippen LogP contribution in [0.25, 0.3) is 0 Å². The second-order valence-electron chi connectivity index (χ2n) is 7.78. The van der Waals surface area contributed by atoms with Crippen LogP contribution < -0.4 is 15.4 Å². The zero-order chi connectivity index (χ0) is 22.9. The Morgan fingerprint density at radius 3 is 2.50 bits per heavy atom. The van der Waals surface area contributed by atoms with Gasteiger partial charge < -0.3 is 15.4 Å². The molecular formula is C23H23F3N4O2. The number of rotatable bonds is 5. The molecular weight excluding hydrogens is 421 g/mol. The van der Waals surface area contributed by atoms with Crippen molar-refractivity contribution in [2.75, 3.05) is 12.4 Å². The molecule has 3 aromatic rings. The van der Waals surface area contributed by atoms with E-state index in [2.05, 4.69) is 15.7 Å². The fraction of sp³-hybridized carbons (Fsp3) is 0.304. The van der Waals surface area contributed by atoms with E-state index < -0.39 is 24.2 Å². The van der Waals surface area contributed by atoms with Gasteiger partial charge in [-0.1, -0.05) is 42.0 Å². The van der Waals surface area contributed by atoms with E-state index in [0.717, 1.165) is 15.8 Å². The van der Waals surface area contributed by atoms with E-state index >= 15 is 0 Å². The molecule has 0 saturated heterocycles. The maximum absolute atomic E-state index is 13.8. The quantitative estimate of drug-likeness (QED) is 0.594. The summed E-state index contributed by atoms with van der Waals surface area (Å²) in [5, 5.41) is 9.75. The van der Waals surface area contributed by atoms with Crippen molar-refractivity contribution in [3.63, 3.8) is 0 Å². The maximum atomic E-state index is 13.8. The van der Waals surface area contributed by atoms with Crippen molar-refractivity contribution in [2.24, 2.45) is 0 Å². The minimum atomic E-state index is -4.51. The smallest absolute Gasteiger partial charge is 0.410 e. The third-order valence-electron chi connectivity index (χ3n) is 5.57. The average Bonchev–Trinajstić information content (AvgIpc) is 3.21. The van der Waals surface area contributed by atoms with Crippen molar-refractivity contribution in [3.8, 4) is 5.75 Å². The fourth-order valence-electron chi connectivity index (χ4n) is 3.77. The summed E-state index contributed by atoms with van der Waals surface area (Å²) >= 11 is 0. The summed E-state index contributed by atoms with van der Waals surface area (Å²) < 4.78 is 47.5. The number of amides is 1. The summed E-state index contributed by atoms with van der Waals surface area (Å²) in [4.78, 5) is 12.8. The zero-order valence-corrected chi connectivity index (χ0v) is 17.6. The normalized spacial score (nSPS) is 17.9. The number of aromatic nitrogens is 2. The summed E-state index contributed by atoms with van der Waals surface area (Å²) in [5.74, 6) is 0.176. The van der Waals surface area contributed by atoms with Crippen LogP contribution in [0, 0.1) is 6.92 Å². The van der Waals surface area contributed by atoms with Gasteiger partial charge in [0.15, 0.2) is 6.04 Å². The van der Waals surface area contributed by atoms with Crippen LogP contribution in [0.5, 0.6) is 5.75 Å². The molecule has 0 saturated carbocycles. The lowest BCUT2D eigenvalue weighted by Gasteiger charge is -2.34. The minimum absolute atomic E-state index is 0.0563. The Morgan fingerprint density at radius 2 is 1.88 bits per heavy atom. The highest BCUT2D eigenvalue weighted by atomic mass is 19.4. The second kappa shape index (κ2) is 8.57. The Hall–Kier alpha value is -3.49. The number of hydrogen-bond acceptors (Lipinski definition) is 4. The minimum Gasteiger partial charge on any atom is -0.497 e. The predicted molar refractivity (Wildman–Crippen MR) is 114 cm³/mol. The highest BCUT2D eigenvalue weighted by molar-refractivity contribution is 5.98. The number of nitrogens with one attached hydrogen (secondary N) is 2. The Kier molecular flexibility index (Phi) is 5.82. The Labute approximate surface area is 183 Å². The molecule has 6 nitrogen and oxygen atoms in total. The van der Waals surface area contributed by atoms with Crippen LogP contribution in [0.3, 0.4) is 0 Å². The number of carbonyl (C=O) groups excluding carboxylic acids is 1. The number of methoxy groups -OCH3 is 1. The summed E-state index contributed by atoms with van der Waals surface area (Å²) in [7, 11) is 1.52. The first-order valence-electron chi connectivity index (χ1n) is 10.1. The molecule has 2 heterocycles. The molecule has 2 atom stereocenters. The van der Waals surface area contributed by atoms with E-state index in [0.29, 0.717) is 11.3 Å². The van der Waals surface area contributed by atoms with Crippen LogP contribution in [-0.2, 0) is 6.54 Å². The Morgan fingerprint density at radius 1 is 1.19 bits per heavy atom. The highest BCUT2D eigenvalue weighted by Crippen LogP contribution is 2.44. The van der Waals surface area contributed by atoms with Gasteiger partial charge in [0.2, 0.25) is 0 Å². The molecule has 0 fully saturated rings. The van der Waals surface area contributed by atoms with E-state index in [1.807, 2.05) is 31.2 Å². The largest absolute Gasteiger partial charge is 0.497 e. The Bertz CT molecular complexity index is 1090. The van der Waals surface area contributed by atoms with Crippen LogP contribution in [0.15, 0.2) is 54.7 Å². The number of nitrogens with zero attached hydrogens (tertiary/aromatic N) is 2. The van der Waals surface area contributed by atoms with Crippen LogP contribution in [-0.4, -0.2) is 29.0 Å². The first-order valence-corrected chi connectivity index (χ1v) is 10.1. The van der Waals surface area contributed by atoms with Crippen molar-refractivity contribution in [2.45, 2.75) is 38.1 Å². The summed E-state index contributed by atoms with van der Waals surface area (Å²) in [6.45, 7) is 2.22. The fourth-order valence-corrected chi connectivity index (χ4v) is 3.77. The van der Waals surface area contributed by atoms with Crippen LogP contribution in [0.4, 0.5) is 19.0 Å². The number of carbonyl (C=O) groups is 1. The van der Waals surface area contributed by atoms with E-state index in [4.69, 9.17) is 4.74 Å². The van der Waals surface area contributed by atoms with Crippen molar-refractivity contribution in [1.29, 1.82) is 0 Å². The van der Waals surface area contributed by atoms with Gasteiger partial charge in [-0.2, -0.15) is 18.3 Å². The van der Waals surface area contributed by atoms with Gasteiger partial charge in [-0.3, -0.25) is 4.79 Å². The SMILES string of the molecule is COc1ccc([C@H]2C[C@@H](C(F)(F)F)n3ncc(C(=O)NCc4ccc(C)cc4)c3N2)cc1. The molecule has 0 bridgehead atoms. The Balaban J connectivity index is 1.60. The van der Waals surface area contributed by atoms with Crippen LogP contribution >= 0.6 is 0 Å². The molecule has 32 heavy (non-hydrogen) atoms. The zero-order valence-electron chi connectivity index (χ0n) is 17.6. The highest BCUT2D eigenvalue weighted by Gasteiger charge is 2.47. The molecule has 1 aliphatic heterocycles. The lowest BCUT2D eigenvalue weighted by molar-refractivity contribution is -0.173. The summed E-state index contributed by atoms with van der Waals surface area (Å²) in [6, 6.07) is 12.0. The molecule has 168 valence electrons. The number of fused-ring (bicyclic) bond motifs is 1. The number of aryl methyl sites for hydroxylation is 1. The van der Waals surface area contributed by atoms with Gasteiger partial charge in [0, 0.05) is 13.0 Å². The first kappa shape index (κ1) is 21.7. The van der Waals surface area contributed by atoms with Crippen LogP contribution in [0.1, 0.15) is 45.6 Å². The van der Waals surface area contributed by atoms with Crippen molar-refractivity contribution >= 4 is 11.7 Å². The molecule has 1 amide bonds. The van der Waals surface area contributed by atoms with E-state index in [1.54, 1.807) is 24.3 Å². The van der Waals surface area contributed by atoms with Gasteiger partial charge in [0.05, 0.1) is 19.3 Å². The molecule has 4 rings (SSSR count). The molecule has 9 heteroatoms. The molecule has 1 aromatic heterocycles. The van der Waals surface area contributed by atoms with Gasteiger partial charge in [-0.05, 0) is 30.2 Å². The first-order chi connectivity index (χ1) is 15.3. The molecule has 2 N–H and O–H groups in total. The lowest BCUT2D eigenvalue weighted by atomic mass is 9.96. The van der Waals surface area contributed by atoms with Gasteiger partial charge in [0.1, 0.15) is 17.1 Å². The van der Waals surface area contributed by atoms with Gasteiger partial charge in [0.25, 0.3) is 5.91 Å². The van der Waals surface area contributed by atoms with E-state index in [-0.39, 0.29) is 24.3 Å². The summed E-state index contributed by atoms with van der Waals surface area (Å²) in [5.41, 5.74) is 2.73. The number of anilines is 1. The molecule has 1 aliphatic rings. The lowest BCUT2D eigenvalue weighted by Crippen LogP contribution is -2.36. The second-order valence-corrected chi connectivity index (χ2v) is 7.78. The molecule has 0 radical (unpaired) electrons. The van der Waals surface area contributed by atoms with Crippen molar-refractivity contribution in [1.82, 2.24) is 15.1 Å². The number of ether oxygens (including phenoxy) is 1. The van der Waals surface area contributed by atoms with E-state index in [9.17, 15) is 18.0 Å². The third kappa shape index (κ3) is 4.42. The van der Waals surface area contributed by atoms with Gasteiger partial charge in [-0.25, -0.2) is 4.68 Å². The number of alkyl halides is 3. The molecule has 0 spiro atoms. The number of hydrogen-bond donors (Lipinski definition) is 2. The number of halogens is 3. The molecule has 0 unspecified atom stereocenters. The van der Waals surface area contributed by atoms with Crippen molar-refractivity contribution in [3.05, 3.63) is 77.0 Å². The topological polar surface area (TPSA) is 68.2 Å². The monoisotopic (exact) mass is 444 g/mol. The maximum Gasteiger partial charge on any atom is 0.410 e. The summed E-state index contributed by atoms with van der Waals surface area (Å²) in [6.07, 6.45) is -3.57. The van der Waals surface area contributed by atoms with Gasteiger partial charge >= 0.3 is 6.18 Å². The predicted octanol–water partition coefficient (Wildman–Crippen LogP) is 4.79. The van der Waals surface area contributed by atoms with E-state index in [1.165, 1.54) is 13.3 Å². The molecule has 0 aliphatic carbocycles. The standard InChI is InChI=1S/C23H23F3N4O2/c1-14-3-5-15(6-4-14)12-27-22(31)18-13-28-30-20(23(24,25)26)11-19(29-21(18)30)16-7-9-17(32-2)10-8-16/h3-10,13,19-20,29H,11-12H2,1-2H3,(H,27,31)/t19-,20+/m1/s1. The molecule has 2 aromatic carbocycles. The number of benzene rings is 2. The van der Waals surface area contributed by atoms with Gasteiger partial charge in [-0.15, -0.1) is 0 Å². The third-order valence-corrected chi connectivity index (χ3v) is 5.57. The van der Waals surface area contributed by atoms with Crippen LogP contribution in [0.2, 0.25) is 0 Å². The average molecular weight is 444 g/mol.